The number of nitrogens with one attached hydrogen (secondary N) is 2. The Bertz CT molecular complexity index is 712. The Hall–Kier alpha value is -2.01. The van der Waals surface area contributed by atoms with Crippen LogP contribution in [-0.4, -0.2) is 33.7 Å². The molecule has 0 fully saturated rings. The van der Waals surface area contributed by atoms with Gasteiger partial charge in [-0.1, -0.05) is 17.7 Å². The van der Waals surface area contributed by atoms with Crippen molar-refractivity contribution in [3.63, 3.8) is 0 Å². The first kappa shape index (κ1) is 15.9. The lowest BCUT2D eigenvalue weighted by atomic mass is 10.0. The van der Waals surface area contributed by atoms with Crippen LogP contribution in [0, 0.1) is 6.92 Å². The Kier molecular flexibility index (Phi) is 4.57. The van der Waals surface area contributed by atoms with Gasteiger partial charge in [0.05, 0.1) is 5.69 Å². The summed E-state index contributed by atoms with van der Waals surface area (Å²) in [6.45, 7) is 5.32. The number of hydrogen-bond acceptors (Lipinski definition) is 2. The van der Waals surface area contributed by atoms with E-state index in [0.717, 1.165) is 29.3 Å². The van der Waals surface area contributed by atoms with Crippen LogP contribution in [-0.2, 0) is 19.4 Å². The Morgan fingerprint density at radius 1 is 1.43 bits per heavy atom. The fourth-order valence-corrected chi connectivity index (χ4v) is 3.14. The molecular formula is C17H21ClN4O. The number of urea groups is 1. The molecule has 1 aliphatic heterocycles. The number of hydrogen-bond donors (Lipinski definition) is 2. The molecule has 2 aromatic rings. The van der Waals surface area contributed by atoms with Crippen LogP contribution in [0.2, 0.25) is 5.02 Å². The Labute approximate surface area is 141 Å². The zero-order valence-electron chi connectivity index (χ0n) is 13.4. The lowest BCUT2D eigenvalue weighted by Crippen LogP contribution is -2.46. The molecule has 0 radical (unpaired) electrons. The molecule has 2 N–H and O–H groups in total. The van der Waals surface area contributed by atoms with E-state index in [0.29, 0.717) is 13.1 Å². The fourth-order valence-electron chi connectivity index (χ4n) is 2.94. The van der Waals surface area contributed by atoms with Crippen LogP contribution in [0.25, 0.3) is 0 Å². The van der Waals surface area contributed by atoms with Gasteiger partial charge < -0.3 is 10.2 Å². The van der Waals surface area contributed by atoms with Crippen molar-refractivity contribution in [2.45, 2.75) is 39.3 Å². The molecular weight excluding hydrogens is 312 g/mol. The maximum absolute atomic E-state index is 12.4. The van der Waals surface area contributed by atoms with Crippen LogP contribution in [0.5, 0.6) is 0 Å². The molecule has 0 spiro atoms. The second-order valence-corrected chi connectivity index (χ2v) is 6.62. The summed E-state index contributed by atoms with van der Waals surface area (Å²) >= 11 is 6.02. The fraction of sp³-hybridized carbons (Fsp3) is 0.412. The van der Waals surface area contributed by atoms with Crippen LogP contribution in [0.4, 0.5) is 4.79 Å². The molecule has 3 rings (SSSR count). The molecule has 0 saturated carbocycles. The third kappa shape index (κ3) is 3.85. The number of halogens is 1. The zero-order chi connectivity index (χ0) is 16.4. The smallest absolute Gasteiger partial charge is 0.317 e. The predicted octanol–water partition coefficient (Wildman–Crippen LogP) is 3.07. The number of H-pyrrole nitrogens is 1. The van der Waals surface area contributed by atoms with Gasteiger partial charge >= 0.3 is 6.03 Å². The van der Waals surface area contributed by atoms with Gasteiger partial charge in [0, 0.05) is 36.3 Å². The van der Waals surface area contributed by atoms with E-state index in [4.69, 9.17) is 11.6 Å². The minimum absolute atomic E-state index is 0.0228. The number of benzene rings is 1. The predicted molar refractivity (Wildman–Crippen MR) is 90.6 cm³/mol. The van der Waals surface area contributed by atoms with Crippen molar-refractivity contribution in [3.05, 3.63) is 51.8 Å². The lowest BCUT2D eigenvalue weighted by molar-refractivity contribution is 0.189. The van der Waals surface area contributed by atoms with E-state index in [-0.39, 0.29) is 12.1 Å². The van der Waals surface area contributed by atoms with Crippen LogP contribution >= 0.6 is 11.6 Å². The molecule has 5 nitrogen and oxygen atoms in total. The quantitative estimate of drug-likeness (QED) is 0.907. The number of amides is 2. The first-order valence-electron chi connectivity index (χ1n) is 7.85. The number of aromatic amines is 1. The summed E-state index contributed by atoms with van der Waals surface area (Å²) in [5, 5.41) is 10.9. The minimum Gasteiger partial charge on any atom is -0.335 e. The van der Waals surface area contributed by atoms with Crippen LogP contribution in [0.1, 0.15) is 29.4 Å². The molecule has 0 saturated heterocycles. The van der Waals surface area contributed by atoms with Gasteiger partial charge in [-0.15, -0.1) is 0 Å². The monoisotopic (exact) mass is 332 g/mol. The van der Waals surface area contributed by atoms with E-state index in [1.807, 2.05) is 43.0 Å². The summed E-state index contributed by atoms with van der Waals surface area (Å²) < 4.78 is 0. The zero-order valence-corrected chi connectivity index (χ0v) is 14.2. The summed E-state index contributed by atoms with van der Waals surface area (Å²) in [7, 11) is 0. The number of carbonyl (C=O) groups is 1. The van der Waals surface area contributed by atoms with Crippen molar-refractivity contribution in [1.29, 1.82) is 0 Å². The van der Waals surface area contributed by atoms with Gasteiger partial charge in [-0.2, -0.15) is 5.10 Å². The molecule has 122 valence electrons. The van der Waals surface area contributed by atoms with Gasteiger partial charge in [0.15, 0.2) is 0 Å². The molecule has 1 aromatic carbocycles. The second kappa shape index (κ2) is 6.62. The molecule has 1 atom stereocenters. The topological polar surface area (TPSA) is 61.0 Å². The molecule has 0 bridgehead atoms. The van der Waals surface area contributed by atoms with E-state index in [2.05, 4.69) is 15.5 Å². The van der Waals surface area contributed by atoms with Crippen molar-refractivity contribution >= 4 is 17.6 Å². The highest BCUT2D eigenvalue weighted by Gasteiger charge is 2.22. The summed E-state index contributed by atoms with van der Waals surface area (Å²) in [5.74, 6) is 0. The highest BCUT2D eigenvalue weighted by molar-refractivity contribution is 6.30. The van der Waals surface area contributed by atoms with Crippen molar-refractivity contribution < 1.29 is 4.79 Å². The van der Waals surface area contributed by atoms with Gasteiger partial charge in [0.1, 0.15) is 0 Å². The first-order chi connectivity index (χ1) is 11.0. The van der Waals surface area contributed by atoms with Crippen molar-refractivity contribution in [3.8, 4) is 0 Å². The number of aryl methyl sites for hydroxylation is 1. The molecule has 23 heavy (non-hydrogen) atoms. The Morgan fingerprint density at radius 3 is 3.00 bits per heavy atom. The van der Waals surface area contributed by atoms with Gasteiger partial charge in [0.25, 0.3) is 0 Å². The third-order valence-corrected chi connectivity index (χ3v) is 4.35. The number of carbonyl (C=O) groups excluding carboxylic acids is 1. The van der Waals surface area contributed by atoms with E-state index >= 15 is 0 Å². The van der Waals surface area contributed by atoms with Gasteiger partial charge in [0.2, 0.25) is 0 Å². The van der Waals surface area contributed by atoms with Crippen molar-refractivity contribution in [1.82, 2.24) is 20.4 Å². The first-order valence-corrected chi connectivity index (χ1v) is 8.22. The normalized spacial score (nSPS) is 15.2. The van der Waals surface area contributed by atoms with E-state index < -0.39 is 0 Å². The summed E-state index contributed by atoms with van der Waals surface area (Å²) in [6.07, 6.45) is 1.56. The summed E-state index contributed by atoms with van der Waals surface area (Å²) in [5.41, 5.74) is 4.41. The van der Waals surface area contributed by atoms with Gasteiger partial charge in [-0.05, 0) is 49.6 Å². The van der Waals surface area contributed by atoms with Crippen LogP contribution in [0.3, 0.4) is 0 Å². The highest BCUT2D eigenvalue weighted by Crippen LogP contribution is 2.22. The standard InChI is InChI=1S/C17H21ClN4O/c1-11(7-16-8-12(2)20-21-16)19-17(23)22-6-5-13-9-15(18)4-3-14(13)10-22/h3-4,8-9,11H,5-7,10H2,1-2H3,(H,19,23)(H,20,21)/t11-/m1/s1. The average molecular weight is 333 g/mol. The number of rotatable bonds is 3. The second-order valence-electron chi connectivity index (χ2n) is 6.18. The van der Waals surface area contributed by atoms with Gasteiger partial charge in [-0.25, -0.2) is 4.79 Å². The molecule has 0 aliphatic carbocycles. The van der Waals surface area contributed by atoms with Crippen molar-refractivity contribution in [2.75, 3.05) is 6.54 Å². The SMILES string of the molecule is Cc1cc(C[C@@H](C)NC(=O)N2CCc3cc(Cl)ccc3C2)n[nH]1. The summed E-state index contributed by atoms with van der Waals surface area (Å²) in [4.78, 5) is 14.3. The number of nitrogens with zero attached hydrogens (tertiary/aromatic N) is 2. The largest absolute Gasteiger partial charge is 0.335 e. The van der Waals surface area contributed by atoms with E-state index in [9.17, 15) is 4.79 Å². The molecule has 1 aliphatic rings. The molecule has 0 unspecified atom stereocenters. The lowest BCUT2D eigenvalue weighted by Gasteiger charge is -2.30. The van der Waals surface area contributed by atoms with E-state index in [1.165, 1.54) is 11.1 Å². The number of fused-ring (bicyclic) bond motifs is 1. The Morgan fingerprint density at radius 2 is 2.26 bits per heavy atom. The number of aromatic nitrogens is 2. The highest BCUT2D eigenvalue weighted by atomic mass is 35.5. The van der Waals surface area contributed by atoms with Crippen molar-refractivity contribution in [2.24, 2.45) is 0 Å². The van der Waals surface area contributed by atoms with Crippen LogP contribution < -0.4 is 5.32 Å². The third-order valence-electron chi connectivity index (χ3n) is 4.11. The molecule has 6 heteroatoms. The maximum atomic E-state index is 12.4. The average Bonchev–Trinajstić information content (AvgIpc) is 2.91. The maximum Gasteiger partial charge on any atom is 0.317 e. The molecule has 2 heterocycles. The van der Waals surface area contributed by atoms with Crippen LogP contribution in [0.15, 0.2) is 24.3 Å². The molecule has 2 amide bonds. The summed E-state index contributed by atoms with van der Waals surface area (Å²) in [6, 6.07) is 7.90. The van der Waals surface area contributed by atoms with E-state index in [1.54, 1.807) is 0 Å². The Balaban J connectivity index is 1.57. The molecule has 1 aromatic heterocycles. The minimum atomic E-state index is -0.0228. The van der Waals surface area contributed by atoms with Gasteiger partial charge in [-0.3, -0.25) is 5.10 Å².